The average molecular weight is 349 g/mol. The molecule has 1 aliphatic carbocycles. The molecule has 0 radical (unpaired) electrons. The zero-order valence-electron chi connectivity index (χ0n) is 14.8. The summed E-state index contributed by atoms with van der Waals surface area (Å²) >= 11 is 0. The van der Waals surface area contributed by atoms with Crippen LogP contribution in [0.25, 0.3) is 0 Å². The van der Waals surface area contributed by atoms with Crippen LogP contribution in [0.2, 0.25) is 0 Å². The van der Waals surface area contributed by atoms with E-state index in [1.165, 1.54) is 11.1 Å². The molecule has 2 aliphatic rings. The van der Waals surface area contributed by atoms with Crippen molar-refractivity contribution in [3.8, 4) is 0 Å². The number of hydrogen-bond acceptors (Lipinski definition) is 3. The summed E-state index contributed by atoms with van der Waals surface area (Å²) in [6.45, 7) is 4.15. The minimum Gasteiger partial charge on any atom is -0.342 e. The van der Waals surface area contributed by atoms with Crippen LogP contribution >= 0.6 is 0 Å². The Hall–Kier alpha value is -1.36. The van der Waals surface area contributed by atoms with E-state index in [-0.39, 0.29) is 34.8 Å². The topological polar surface area (TPSA) is 54.5 Å². The van der Waals surface area contributed by atoms with Gasteiger partial charge in [-0.05, 0) is 50.5 Å². The van der Waals surface area contributed by atoms with Gasteiger partial charge in [0.2, 0.25) is 5.91 Å². The summed E-state index contributed by atoms with van der Waals surface area (Å²) in [5, 5.41) is 0. The number of sulfone groups is 1. The van der Waals surface area contributed by atoms with Gasteiger partial charge < -0.3 is 4.90 Å². The first-order chi connectivity index (χ1) is 11.2. The zero-order chi connectivity index (χ0) is 17.5. The zero-order valence-corrected chi connectivity index (χ0v) is 15.6. The van der Waals surface area contributed by atoms with Crippen LogP contribution in [-0.2, 0) is 21.1 Å². The first-order valence-electron chi connectivity index (χ1n) is 8.75. The maximum atomic E-state index is 12.8. The van der Waals surface area contributed by atoms with Gasteiger partial charge >= 0.3 is 0 Å². The van der Waals surface area contributed by atoms with Crippen molar-refractivity contribution < 1.29 is 13.2 Å². The number of carbonyl (C=O) groups is 1. The van der Waals surface area contributed by atoms with E-state index >= 15 is 0 Å². The number of rotatable bonds is 4. The van der Waals surface area contributed by atoms with Gasteiger partial charge in [0.05, 0.1) is 11.5 Å². The van der Waals surface area contributed by atoms with Crippen molar-refractivity contribution in [2.24, 2.45) is 11.3 Å². The lowest BCUT2D eigenvalue weighted by atomic mass is 9.95. The SMILES string of the molecule is Cc1ccc(C[C@@H](C)N(C)C(=O)[C@H]2CC23CCS(=O)(=O)CC3)cc1. The van der Waals surface area contributed by atoms with Gasteiger partial charge in [-0.3, -0.25) is 4.79 Å². The van der Waals surface area contributed by atoms with Crippen LogP contribution in [0.4, 0.5) is 0 Å². The maximum Gasteiger partial charge on any atom is 0.226 e. The normalized spacial score (nSPS) is 25.2. The first-order valence-corrected chi connectivity index (χ1v) is 10.6. The Morgan fingerprint density at radius 1 is 1.25 bits per heavy atom. The molecule has 1 amide bonds. The minimum atomic E-state index is -2.87. The Bertz CT molecular complexity index is 709. The standard InChI is InChI=1S/C19H27NO3S/c1-14-4-6-16(7-5-14)12-15(2)20(3)18(21)17-13-19(17)8-10-24(22,23)11-9-19/h4-7,15,17H,8-13H2,1-3H3/t15-,17-/m1/s1. The van der Waals surface area contributed by atoms with Crippen LogP contribution in [0.5, 0.6) is 0 Å². The monoisotopic (exact) mass is 349 g/mol. The first kappa shape index (κ1) is 17.5. The fourth-order valence-corrected chi connectivity index (χ4v) is 5.50. The molecule has 1 heterocycles. The summed E-state index contributed by atoms with van der Waals surface area (Å²) in [5.41, 5.74) is 2.45. The van der Waals surface area contributed by atoms with Gasteiger partial charge in [0, 0.05) is 19.0 Å². The maximum absolute atomic E-state index is 12.8. The molecule has 132 valence electrons. The van der Waals surface area contributed by atoms with Crippen molar-refractivity contribution >= 4 is 15.7 Å². The highest BCUT2D eigenvalue weighted by Crippen LogP contribution is 2.60. The predicted octanol–water partition coefficient (Wildman–Crippen LogP) is 2.60. The average Bonchev–Trinajstić information content (AvgIpc) is 3.26. The van der Waals surface area contributed by atoms with Gasteiger partial charge in [0.1, 0.15) is 9.84 Å². The lowest BCUT2D eigenvalue weighted by Crippen LogP contribution is -2.39. The van der Waals surface area contributed by atoms with Crippen LogP contribution in [-0.4, -0.2) is 43.8 Å². The van der Waals surface area contributed by atoms with Gasteiger partial charge in [-0.25, -0.2) is 8.42 Å². The van der Waals surface area contributed by atoms with E-state index in [1.807, 2.05) is 11.9 Å². The molecule has 5 heteroatoms. The van der Waals surface area contributed by atoms with Crippen molar-refractivity contribution in [2.45, 2.75) is 45.6 Å². The third-order valence-corrected chi connectivity index (χ3v) is 7.62. The summed E-state index contributed by atoms with van der Waals surface area (Å²) in [6.07, 6.45) is 3.03. The molecule has 0 aromatic heterocycles. The Kier molecular flexibility index (Phi) is 4.49. The van der Waals surface area contributed by atoms with Crippen LogP contribution in [0.15, 0.2) is 24.3 Å². The molecule has 1 spiro atoms. The molecule has 2 atom stereocenters. The Balaban J connectivity index is 1.58. The van der Waals surface area contributed by atoms with Crippen molar-refractivity contribution in [3.63, 3.8) is 0 Å². The molecule has 1 saturated heterocycles. The smallest absolute Gasteiger partial charge is 0.226 e. The predicted molar refractivity (Wildman–Crippen MR) is 95.5 cm³/mol. The van der Waals surface area contributed by atoms with E-state index in [0.717, 1.165) is 12.8 Å². The molecular weight excluding hydrogens is 322 g/mol. The summed E-state index contributed by atoms with van der Waals surface area (Å²) in [6, 6.07) is 8.58. The fraction of sp³-hybridized carbons (Fsp3) is 0.632. The highest BCUT2D eigenvalue weighted by atomic mass is 32.2. The largest absolute Gasteiger partial charge is 0.342 e. The molecule has 0 unspecified atom stereocenters. The van der Waals surface area contributed by atoms with Crippen molar-refractivity contribution in [1.29, 1.82) is 0 Å². The molecule has 0 N–H and O–H groups in total. The van der Waals surface area contributed by atoms with Crippen LogP contribution in [0, 0.1) is 18.3 Å². The second-order valence-corrected chi connectivity index (χ2v) is 10.1. The highest BCUT2D eigenvalue weighted by molar-refractivity contribution is 7.91. The number of hydrogen-bond donors (Lipinski definition) is 0. The quantitative estimate of drug-likeness (QED) is 0.839. The van der Waals surface area contributed by atoms with Gasteiger partial charge in [-0.1, -0.05) is 29.8 Å². The minimum absolute atomic E-state index is 0.0264. The van der Waals surface area contributed by atoms with Gasteiger partial charge in [-0.2, -0.15) is 0 Å². The highest BCUT2D eigenvalue weighted by Gasteiger charge is 2.60. The van der Waals surface area contributed by atoms with Crippen LogP contribution in [0.1, 0.15) is 37.3 Å². The summed E-state index contributed by atoms with van der Waals surface area (Å²) in [5.74, 6) is 0.714. The Morgan fingerprint density at radius 3 is 2.42 bits per heavy atom. The molecule has 1 aliphatic heterocycles. The van der Waals surface area contributed by atoms with E-state index in [9.17, 15) is 13.2 Å². The molecule has 1 saturated carbocycles. The van der Waals surface area contributed by atoms with Gasteiger partial charge in [-0.15, -0.1) is 0 Å². The lowest BCUT2D eigenvalue weighted by Gasteiger charge is -2.28. The van der Waals surface area contributed by atoms with Crippen molar-refractivity contribution in [3.05, 3.63) is 35.4 Å². The molecule has 1 aromatic rings. The van der Waals surface area contributed by atoms with Gasteiger partial charge in [0.15, 0.2) is 0 Å². The fourth-order valence-electron chi connectivity index (χ4n) is 3.86. The van der Waals surface area contributed by atoms with Crippen LogP contribution < -0.4 is 0 Å². The van der Waals surface area contributed by atoms with E-state index in [4.69, 9.17) is 0 Å². The van der Waals surface area contributed by atoms with Crippen molar-refractivity contribution in [1.82, 2.24) is 4.90 Å². The Morgan fingerprint density at radius 2 is 1.83 bits per heavy atom. The molecular formula is C19H27NO3S. The number of benzene rings is 1. The van der Waals surface area contributed by atoms with E-state index < -0.39 is 9.84 Å². The summed E-state index contributed by atoms with van der Waals surface area (Å²) in [4.78, 5) is 14.7. The van der Waals surface area contributed by atoms with E-state index in [1.54, 1.807) is 0 Å². The number of carbonyl (C=O) groups excluding carboxylic acids is 1. The molecule has 4 nitrogen and oxygen atoms in total. The molecule has 24 heavy (non-hydrogen) atoms. The Labute approximate surface area is 145 Å². The lowest BCUT2D eigenvalue weighted by molar-refractivity contribution is -0.134. The molecule has 2 fully saturated rings. The second-order valence-electron chi connectivity index (χ2n) is 7.76. The summed E-state index contributed by atoms with van der Waals surface area (Å²) < 4.78 is 23.2. The number of aryl methyl sites for hydroxylation is 1. The molecule has 0 bridgehead atoms. The summed E-state index contributed by atoms with van der Waals surface area (Å²) in [7, 11) is -0.987. The van der Waals surface area contributed by atoms with Crippen LogP contribution in [0.3, 0.4) is 0 Å². The van der Waals surface area contributed by atoms with Crippen molar-refractivity contribution in [2.75, 3.05) is 18.6 Å². The van der Waals surface area contributed by atoms with E-state index in [2.05, 4.69) is 38.1 Å². The number of likely N-dealkylation sites (N-methyl/N-ethyl adjacent to an activating group) is 1. The third kappa shape index (κ3) is 3.51. The number of amides is 1. The van der Waals surface area contributed by atoms with E-state index in [0.29, 0.717) is 12.8 Å². The second kappa shape index (κ2) is 6.17. The van der Waals surface area contributed by atoms with Gasteiger partial charge in [0.25, 0.3) is 0 Å². The third-order valence-electron chi connectivity index (χ3n) is 5.97. The number of nitrogens with zero attached hydrogens (tertiary/aromatic N) is 1. The molecule has 3 rings (SSSR count). The molecule has 1 aromatic carbocycles.